The molecule has 0 atom stereocenters. The summed E-state index contributed by atoms with van der Waals surface area (Å²) in [5.41, 5.74) is 0.388. The first-order valence-electron chi connectivity index (χ1n) is 5.70. The molecule has 0 aromatic carbocycles. The molecular formula is C12H14N4O2S. The van der Waals surface area contributed by atoms with Crippen LogP contribution in [0.5, 0.6) is 0 Å². The smallest absolute Gasteiger partial charge is 0.270 e. The van der Waals surface area contributed by atoms with Crippen LogP contribution in [0.2, 0.25) is 0 Å². The Balaban J connectivity index is 1.93. The van der Waals surface area contributed by atoms with E-state index in [2.05, 4.69) is 20.6 Å². The van der Waals surface area contributed by atoms with Gasteiger partial charge >= 0.3 is 0 Å². The number of nitrogens with zero attached hydrogens (tertiary/aromatic N) is 2. The number of hydrogen-bond donors (Lipinski definition) is 2. The predicted octanol–water partition coefficient (Wildman–Crippen LogP) is 1.66. The number of anilines is 2. The molecule has 0 saturated carbocycles. The van der Waals surface area contributed by atoms with E-state index >= 15 is 0 Å². The lowest BCUT2D eigenvalue weighted by atomic mass is 10.4. The summed E-state index contributed by atoms with van der Waals surface area (Å²) in [6, 6.07) is 5.54. The maximum atomic E-state index is 11.7. The lowest BCUT2D eigenvalue weighted by molar-refractivity contribution is 0.0933. The molecule has 0 fully saturated rings. The van der Waals surface area contributed by atoms with E-state index in [0.717, 1.165) is 0 Å². The second-order valence-corrected chi connectivity index (χ2v) is 4.48. The van der Waals surface area contributed by atoms with Crippen LogP contribution in [0, 0.1) is 0 Å². The van der Waals surface area contributed by atoms with E-state index in [1.165, 1.54) is 11.3 Å². The highest BCUT2D eigenvalue weighted by Crippen LogP contribution is 2.19. The van der Waals surface area contributed by atoms with E-state index in [9.17, 15) is 4.79 Å². The third-order valence-electron chi connectivity index (χ3n) is 2.23. The predicted molar refractivity (Wildman–Crippen MR) is 73.8 cm³/mol. The largest absolute Gasteiger partial charge is 0.383 e. The first-order chi connectivity index (χ1) is 9.29. The molecule has 7 heteroatoms. The summed E-state index contributed by atoms with van der Waals surface area (Å²) in [4.78, 5) is 20.0. The van der Waals surface area contributed by atoms with Gasteiger partial charge in [0, 0.05) is 25.2 Å². The third-order valence-corrected chi connectivity index (χ3v) is 2.99. The molecule has 6 nitrogen and oxygen atoms in total. The van der Waals surface area contributed by atoms with Gasteiger partial charge in [-0.15, -0.1) is 11.3 Å². The van der Waals surface area contributed by atoms with Gasteiger partial charge in [-0.3, -0.25) is 4.79 Å². The summed E-state index contributed by atoms with van der Waals surface area (Å²) in [5.74, 6) is 0.491. The van der Waals surface area contributed by atoms with Crippen molar-refractivity contribution in [3.63, 3.8) is 0 Å². The van der Waals surface area contributed by atoms with Crippen molar-refractivity contribution in [3.8, 4) is 0 Å². The Hall–Kier alpha value is -1.99. The minimum Gasteiger partial charge on any atom is -0.383 e. The Labute approximate surface area is 114 Å². The van der Waals surface area contributed by atoms with Crippen molar-refractivity contribution in [2.75, 3.05) is 25.6 Å². The van der Waals surface area contributed by atoms with Crippen molar-refractivity contribution in [2.45, 2.75) is 0 Å². The minimum atomic E-state index is -0.206. The normalized spacial score (nSPS) is 10.2. The number of carbonyl (C=O) groups excluding carboxylic acids is 1. The van der Waals surface area contributed by atoms with Gasteiger partial charge in [0.25, 0.3) is 5.91 Å². The Morgan fingerprint density at radius 3 is 3.11 bits per heavy atom. The lowest BCUT2D eigenvalue weighted by Gasteiger charge is -2.01. The molecule has 0 radical (unpaired) electrons. The van der Waals surface area contributed by atoms with Crippen LogP contribution < -0.4 is 10.6 Å². The number of amides is 1. The lowest BCUT2D eigenvalue weighted by Crippen LogP contribution is -2.27. The summed E-state index contributed by atoms with van der Waals surface area (Å²) >= 11 is 1.36. The Bertz CT molecular complexity index is 530. The SMILES string of the molecule is COCCNC(=O)c1csc(Nc2ccccn2)n1. The molecule has 1 amide bonds. The van der Waals surface area contributed by atoms with Gasteiger partial charge in [-0.25, -0.2) is 9.97 Å². The zero-order valence-electron chi connectivity index (χ0n) is 10.4. The van der Waals surface area contributed by atoms with Crippen molar-refractivity contribution < 1.29 is 9.53 Å². The third kappa shape index (κ3) is 4.01. The molecule has 0 bridgehead atoms. The van der Waals surface area contributed by atoms with Gasteiger partial charge in [0.05, 0.1) is 6.61 Å². The van der Waals surface area contributed by atoms with Crippen LogP contribution >= 0.6 is 11.3 Å². The quantitative estimate of drug-likeness (QED) is 0.786. The maximum Gasteiger partial charge on any atom is 0.270 e. The molecule has 0 aliphatic rings. The fourth-order valence-corrected chi connectivity index (χ4v) is 2.04. The molecule has 2 aromatic rings. The van der Waals surface area contributed by atoms with Crippen LogP contribution in [0.25, 0.3) is 0 Å². The van der Waals surface area contributed by atoms with Crippen LogP contribution in [-0.4, -0.2) is 36.1 Å². The summed E-state index contributed by atoms with van der Waals surface area (Å²) in [6.45, 7) is 0.949. The van der Waals surface area contributed by atoms with Crippen LogP contribution in [0.1, 0.15) is 10.5 Å². The highest BCUT2D eigenvalue weighted by atomic mass is 32.1. The van der Waals surface area contributed by atoms with Crippen LogP contribution in [0.15, 0.2) is 29.8 Å². The van der Waals surface area contributed by atoms with Crippen molar-refractivity contribution in [1.29, 1.82) is 0 Å². The number of rotatable bonds is 6. The monoisotopic (exact) mass is 278 g/mol. The molecule has 2 aromatic heterocycles. The van der Waals surface area contributed by atoms with E-state index in [4.69, 9.17) is 4.74 Å². The van der Waals surface area contributed by atoms with Crippen LogP contribution in [0.3, 0.4) is 0 Å². The summed E-state index contributed by atoms with van der Waals surface area (Å²) in [6.07, 6.45) is 1.69. The van der Waals surface area contributed by atoms with E-state index in [0.29, 0.717) is 29.8 Å². The van der Waals surface area contributed by atoms with Gasteiger partial charge in [-0.05, 0) is 12.1 Å². The average molecular weight is 278 g/mol. The van der Waals surface area contributed by atoms with E-state index in [1.54, 1.807) is 18.7 Å². The van der Waals surface area contributed by atoms with Gasteiger partial charge in [0.15, 0.2) is 5.13 Å². The van der Waals surface area contributed by atoms with Crippen molar-refractivity contribution in [1.82, 2.24) is 15.3 Å². The highest BCUT2D eigenvalue weighted by Gasteiger charge is 2.10. The molecule has 0 unspecified atom stereocenters. The second kappa shape index (κ2) is 6.81. The number of carbonyl (C=O) groups is 1. The summed E-state index contributed by atoms with van der Waals surface area (Å²) in [5, 5.41) is 8.09. The van der Waals surface area contributed by atoms with Gasteiger partial charge in [0.2, 0.25) is 0 Å². The van der Waals surface area contributed by atoms with E-state index in [1.807, 2.05) is 18.2 Å². The molecule has 0 saturated heterocycles. The number of thiazole rings is 1. The molecule has 0 aliphatic heterocycles. The van der Waals surface area contributed by atoms with Gasteiger partial charge in [0.1, 0.15) is 11.5 Å². The Morgan fingerprint density at radius 2 is 2.37 bits per heavy atom. The maximum absolute atomic E-state index is 11.7. The zero-order chi connectivity index (χ0) is 13.5. The first-order valence-corrected chi connectivity index (χ1v) is 6.58. The zero-order valence-corrected chi connectivity index (χ0v) is 11.2. The molecule has 100 valence electrons. The standard InChI is InChI=1S/C12H14N4O2S/c1-18-7-6-14-11(17)9-8-19-12(15-9)16-10-4-2-3-5-13-10/h2-5,8H,6-7H2,1H3,(H,14,17)(H,13,15,16). The minimum absolute atomic E-state index is 0.206. The van der Waals surface area contributed by atoms with E-state index in [-0.39, 0.29) is 5.91 Å². The van der Waals surface area contributed by atoms with Gasteiger partial charge in [-0.2, -0.15) is 0 Å². The number of methoxy groups -OCH3 is 1. The van der Waals surface area contributed by atoms with Crippen molar-refractivity contribution in [2.24, 2.45) is 0 Å². The second-order valence-electron chi connectivity index (χ2n) is 3.63. The molecular weight excluding hydrogens is 264 g/mol. The molecule has 19 heavy (non-hydrogen) atoms. The van der Waals surface area contributed by atoms with Crippen molar-refractivity contribution in [3.05, 3.63) is 35.5 Å². The van der Waals surface area contributed by atoms with E-state index < -0.39 is 0 Å². The molecule has 0 aliphatic carbocycles. The highest BCUT2D eigenvalue weighted by molar-refractivity contribution is 7.14. The van der Waals surface area contributed by atoms with Crippen molar-refractivity contribution >= 4 is 28.2 Å². The number of aromatic nitrogens is 2. The molecule has 2 heterocycles. The fourth-order valence-electron chi connectivity index (χ4n) is 1.34. The van der Waals surface area contributed by atoms with Gasteiger partial charge < -0.3 is 15.4 Å². The summed E-state index contributed by atoms with van der Waals surface area (Å²) in [7, 11) is 1.59. The Morgan fingerprint density at radius 1 is 1.47 bits per heavy atom. The summed E-state index contributed by atoms with van der Waals surface area (Å²) < 4.78 is 4.86. The Kier molecular flexibility index (Phi) is 4.82. The number of hydrogen-bond acceptors (Lipinski definition) is 6. The number of pyridine rings is 1. The molecule has 2 rings (SSSR count). The average Bonchev–Trinajstić information content (AvgIpc) is 2.89. The first kappa shape index (κ1) is 13.4. The van der Waals surface area contributed by atoms with Crippen LogP contribution in [-0.2, 0) is 4.74 Å². The fraction of sp³-hybridized carbons (Fsp3) is 0.250. The molecule has 0 spiro atoms. The number of nitrogens with one attached hydrogen (secondary N) is 2. The molecule has 2 N–H and O–H groups in total. The van der Waals surface area contributed by atoms with Gasteiger partial charge in [-0.1, -0.05) is 6.07 Å². The van der Waals surface area contributed by atoms with Crippen LogP contribution in [0.4, 0.5) is 10.9 Å². The number of ether oxygens (including phenoxy) is 1. The topological polar surface area (TPSA) is 76.1 Å².